The number of rotatable bonds is 8. The van der Waals surface area contributed by atoms with Crippen LogP contribution in [0.5, 0.6) is 0 Å². The van der Waals surface area contributed by atoms with Crippen LogP contribution >= 0.6 is 11.6 Å². The summed E-state index contributed by atoms with van der Waals surface area (Å²) >= 11 is 5.96. The van der Waals surface area contributed by atoms with Gasteiger partial charge in [-0.05, 0) is 35.6 Å². The lowest BCUT2D eigenvalue weighted by atomic mass is 9.96. The topological polar surface area (TPSA) is 41.1 Å². The molecular formula is C20H25ClN2O. The van der Waals surface area contributed by atoms with Gasteiger partial charge in [0.1, 0.15) is 0 Å². The van der Waals surface area contributed by atoms with Crippen molar-refractivity contribution in [3.05, 3.63) is 70.7 Å². The van der Waals surface area contributed by atoms with Crippen LogP contribution in [-0.4, -0.2) is 19.0 Å². The van der Waals surface area contributed by atoms with Crippen molar-refractivity contribution in [3.63, 3.8) is 0 Å². The van der Waals surface area contributed by atoms with E-state index in [1.165, 1.54) is 5.56 Å². The van der Waals surface area contributed by atoms with Gasteiger partial charge in [0.25, 0.3) is 0 Å². The fourth-order valence-electron chi connectivity index (χ4n) is 2.70. The highest BCUT2D eigenvalue weighted by Gasteiger charge is 2.15. The Labute approximate surface area is 149 Å². The third-order valence-corrected chi connectivity index (χ3v) is 4.17. The molecule has 0 fully saturated rings. The monoisotopic (exact) mass is 344 g/mol. The molecule has 0 unspecified atom stereocenters. The molecule has 24 heavy (non-hydrogen) atoms. The van der Waals surface area contributed by atoms with E-state index in [0.29, 0.717) is 19.0 Å². The van der Waals surface area contributed by atoms with Gasteiger partial charge in [0, 0.05) is 17.6 Å². The number of amides is 1. The largest absolute Gasteiger partial charge is 0.355 e. The standard InChI is InChI=1S/C20H25ClN2O/c1-15(2)20(17-8-4-3-5-9-17)23-14-19(24)22-12-11-16-7-6-10-18(21)13-16/h3-10,13,15,20,23H,11-12,14H2,1-2H3,(H,22,24)/t20-/m1/s1. The van der Waals surface area contributed by atoms with Gasteiger partial charge in [-0.1, -0.05) is 67.9 Å². The van der Waals surface area contributed by atoms with E-state index in [2.05, 4.69) is 36.6 Å². The maximum Gasteiger partial charge on any atom is 0.233 e. The molecule has 3 nitrogen and oxygen atoms in total. The predicted molar refractivity (Wildman–Crippen MR) is 100 cm³/mol. The van der Waals surface area contributed by atoms with Gasteiger partial charge in [0.05, 0.1) is 6.54 Å². The molecule has 0 heterocycles. The first-order valence-electron chi connectivity index (χ1n) is 8.35. The zero-order valence-corrected chi connectivity index (χ0v) is 15.0. The van der Waals surface area contributed by atoms with Crippen LogP contribution in [0.25, 0.3) is 0 Å². The molecule has 2 aromatic carbocycles. The normalized spacial score (nSPS) is 12.2. The molecule has 2 rings (SSSR count). The highest BCUT2D eigenvalue weighted by molar-refractivity contribution is 6.30. The third kappa shape index (κ3) is 5.99. The van der Waals surface area contributed by atoms with Gasteiger partial charge >= 0.3 is 0 Å². The number of carbonyl (C=O) groups is 1. The minimum atomic E-state index is 0.0126. The molecule has 0 saturated carbocycles. The lowest BCUT2D eigenvalue weighted by Gasteiger charge is -2.22. The van der Waals surface area contributed by atoms with Gasteiger partial charge in [0.15, 0.2) is 0 Å². The van der Waals surface area contributed by atoms with Crippen molar-refractivity contribution in [1.82, 2.24) is 10.6 Å². The van der Waals surface area contributed by atoms with E-state index in [-0.39, 0.29) is 11.9 Å². The smallest absolute Gasteiger partial charge is 0.233 e. The predicted octanol–water partition coefficient (Wildman–Crippen LogP) is 3.99. The van der Waals surface area contributed by atoms with Crippen LogP contribution < -0.4 is 10.6 Å². The van der Waals surface area contributed by atoms with Crippen molar-refractivity contribution in [2.75, 3.05) is 13.1 Å². The van der Waals surface area contributed by atoms with Crippen LogP contribution in [0, 0.1) is 5.92 Å². The average Bonchev–Trinajstić information content (AvgIpc) is 2.56. The summed E-state index contributed by atoms with van der Waals surface area (Å²) in [6, 6.07) is 18.1. The minimum Gasteiger partial charge on any atom is -0.355 e. The Balaban J connectivity index is 1.77. The van der Waals surface area contributed by atoms with E-state index in [4.69, 9.17) is 11.6 Å². The first-order chi connectivity index (χ1) is 11.6. The second-order valence-corrected chi connectivity index (χ2v) is 6.68. The first-order valence-corrected chi connectivity index (χ1v) is 8.73. The summed E-state index contributed by atoms with van der Waals surface area (Å²) in [5.74, 6) is 0.422. The second kappa shape index (κ2) is 9.45. The Kier molecular flexibility index (Phi) is 7.29. The Bertz CT molecular complexity index is 643. The zero-order chi connectivity index (χ0) is 17.4. The Morgan fingerprint density at radius 3 is 2.50 bits per heavy atom. The van der Waals surface area contributed by atoms with Crippen molar-refractivity contribution in [3.8, 4) is 0 Å². The molecule has 0 radical (unpaired) electrons. The number of hydrogen-bond donors (Lipinski definition) is 2. The molecule has 0 aliphatic heterocycles. The van der Waals surface area contributed by atoms with Gasteiger partial charge in [0.2, 0.25) is 5.91 Å². The Morgan fingerprint density at radius 2 is 1.83 bits per heavy atom. The molecule has 0 saturated heterocycles. The van der Waals surface area contributed by atoms with Crippen LogP contribution in [0.4, 0.5) is 0 Å². The van der Waals surface area contributed by atoms with Crippen LogP contribution in [0.2, 0.25) is 5.02 Å². The van der Waals surface area contributed by atoms with Gasteiger partial charge in [-0.2, -0.15) is 0 Å². The summed E-state index contributed by atoms with van der Waals surface area (Å²) in [6.07, 6.45) is 0.776. The second-order valence-electron chi connectivity index (χ2n) is 6.24. The van der Waals surface area contributed by atoms with E-state index in [0.717, 1.165) is 17.0 Å². The average molecular weight is 345 g/mol. The van der Waals surface area contributed by atoms with E-state index in [1.807, 2.05) is 42.5 Å². The molecule has 0 aliphatic carbocycles. The van der Waals surface area contributed by atoms with E-state index >= 15 is 0 Å². The number of benzene rings is 2. The SMILES string of the molecule is CC(C)[C@@H](NCC(=O)NCCc1cccc(Cl)c1)c1ccccc1. The van der Waals surface area contributed by atoms with Crippen molar-refractivity contribution >= 4 is 17.5 Å². The van der Waals surface area contributed by atoms with Crippen molar-refractivity contribution in [2.24, 2.45) is 5.92 Å². The summed E-state index contributed by atoms with van der Waals surface area (Å²) in [4.78, 5) is 12.1. The maximum absolute atomic E-state index is 12.1. The molecule has 1 atom stereocenters. The van der Waals surface area contributed by atoms with Crippen LogP contribution in [0.3, 0.4) is 0 Å². The van der Waals surface area contributed by atoms with Gasteiger partial charge < -0.3 is 10.6 Å². The Hall–Kier alpha value is -1.84. The highest BCUT2D eigenvalue weighted by atomic mass is 35.5. The molecular weight excluding hydrogens is 320 g/mol. The van der Waals surface area contributed by atoms with Crippen molar-refractivity contribution < 1.29 is 4.79 Å². The number of halogens is 1. The molecule has 4 heteroatoms. The van der Waals surface area contributed by atoms with Gasteiger partial charge in [-0.3, -0.25) is 4.79 Å². The lowest BCUT2D eigenvalue weighted by Crippen LogP contribution is -2.38. The molecule has 128 valence electrons. The summed E-state index contributed by atoms with van der Waals surface area (Å²) in [5, 5.41) is 7.04. The number of hydrogen-bond acceptors (Lipinski definition) is 2. The molecule has 2 N–H and O–H groups in total. The van der Waals surface area contributed by atoms with Crippen LogP contribution in [0.1, 0.15) is 31.0 Å². The molecule has 2 aromatic rings. The highest BCUT2D eigenvalue weighted by Crippen LogP contribution is 2.20. The number of nitrogens with one attached hydrogen (secondary N) is 2. The Morgan fingerprint density at radius 1 is 1.08 bits per heavy atom. The van der Waals surface area contributed by atoms with Gasteiger partial charge in [-0.25, -0.2) is 0 Å². The van der Waals surface area contributed by atoms with E-state index < -0.39 is 0 Å². The van der Waals surface area contributed by atoms with Gasteiger partial charge in [-0.15, -0.1) is 0 Å². The first kappa shape index (κ1) is 18.5. The molecule has 0 bridgehead atoms. The van der Waals surface area contributed by atoms with E-state index in [1.54, 1.807) is 0 Å². The summed E-state index contributed by atoms with van der Waals surface area (Å²) in [6.45, 7) is 5.23. The number of carbonyl (C=O) groups excluding carboxylic acids is 1. The molecule has 0 aliphatic rings. The molecule has 0 spiro atoms. The zero-order valence-electron chi connectivity index (χ0n) is 14.3. The fourth-order valence-corrected chi connectivity index (χ4v) is 2.92. The fraction of sp³-hybridized carbons (Fsp3) is 0.350. The summed E-state index contributed by atoms with van der Waals surface area (Å²) in [7, 11) is 0. The van der Waals surface area contributed by atoms with Crippen molar-refractivity contribution in [1.29, 1.82) is 0 Å². The quantitative estimate of drug-likeness (QED) is 0.760. The minimum absolute atomic E-state index is 0.0126. The van der Waals surface area contributed by atoms with Crippen molar-refractivity contribution in [2.45, 2.75) is 26.3 Å². The van der Waals surface area contributed by atoms with E-state index in [9.17, 15) is 4.79 Å². The van der Waals surface area contributed by atoms with Crippen LogP contribution in [-0.2, 0) is 11.2 Å². The summed E-state index contributed by atoms with van der Waals surface area (Å²) < 4.78 is 0. The lowest BCUT2D eigenvalue weighted by molar-refractivity contribution is -0.120. The maximum atomic E-state index is 12.1. The molecule has 1 amide bonds. The molecule has 0 aromatic heterocycles. The van der Waals surface area contributed by atoms with Crippen LogP contribution in [0.15, 0.2) is 54.6 Å². The third-order valence-electron chi connectivity index (χ3n) is 3.93. The summed E-state index contributed by atoms with van der Waals surface area (Å²) in [5.41, 5.74) is 2.33.